The number of benzene rings is 1. The van der Waals surface area contributed by atoms with Gasteiger partial charge in [-0.3, -0.25) is 14.9 Å². The lowest BCUT2D eigenvalue weighted by atomic mass is 10.1. The van der Waals surface area contributed by atoms with Crippen molar-refractivity contribution in [3.05, 3.63) is 65.1 Å². The van der Waals surface area contributed by atoms with E-state index in [-0.39, 0.29) is 36.1 Å². The van der Waals surface area contributed by atoms with Gasteiger partial charge in [-0.1, -0.05) is 12.1 Å². The summed E-state index contributed by atoms with van der Waals surface area (Å²) in [5.41, 5.74) is 1.55. The molecule has 1 aromatic carbocycles. The molecule has 0 saturated heterocycles. The molecule has 3 aromatic rings. The third kappa shape index (κ3) is 5.92. The molecule has 152 valence electrons. The lowest BCUT2D eigenvalue weighted by molar-refractivity contribution is -0.121. The molecule has 0 spiro atoms. The number of amides is 2. The van der Waals surface area contributed by atoms with Gasteiger partial charge in [0.05, 0.1) is 30.5 Å². The molecule has 1 atom stereocenters. The summed E-state index contributed by atoms with van der Waals surface area (Å²) in [6.45, 7) is 5.86. The molecule has 0 saturated carbocycles. The average Bonchev–Trinajstić information content (AvgIpc) is 3.33. The normalized spacial score (nSPS) is 11.9. The maximum atomic E-state index is 12.4. The Hall–Kier alpha value is -3.13. The Kier molecular flexibility index (Phi) is 6.66. The molecule has 0 aliphatic carbocycles. The number of anilines is 1. The van der Waals surface area contributed by atoms with Crippen molar-refractivity contribution in [3.8, 4) is 5.75 Å². The van der Waals surface area contributed by atoms with Crippen LogP contribution in [0.1, 0.15) is 48.6 Å². The van der Waals surface area contributed by atoms with E-state index in [1.54, 1.807) is 17.5 Å². The molecule has 0 radical (unpaired) electrons. The number of hydrogen-bond acceptors (Lipinski definition) is 6. The minimum absolute atomic E-state index is 0.0854. The molecule has 1 unspecified atom stereocenters. The number of nitrogens with one attached hydrogen (secondary N) is 2. The van der Waals surface area contributed by atoms with Crippen molar-refractivity contribution >= 4 is 28.3 Å². The number of carbonyl (C=O) groups is 2. The van der Waals surface area contributed by atoms with E-state index in [4.69, 9.17) is 9.15 Å². The fraction of sp³-hybridized carbons (Fsp3) is 0.286. The third-order valence-electron chi connectivity index (χ3n) is 3.97. The highest BCUT2D eigenvalue weighted by Crippen LogP contribution is 2.21. The number of carbonyl (C=O) groups excluding carboxylic acids is 2. The van der Waals surface area contributed by atoms with Gasteiger partial charge in [-0.05, 0) is 50.6 Å². The summed E-state index contributed by atoms with van der Waals surface area (Å²) in [5, 5.41) is 7.79. The summed E-state index contributed by atoms with van der Waals surface area (Å²) >= 11 is 1.26. The maximum absolute atomic E-state index is 12.4. The average molecular weight is 413 g/mol. The SMILES string of the molecule is CC(C)Oc1cccc(C(C)NC(=O)Cc2csc(NC(=O)c3ccco3)n2)c1. The third-order valence-corrected chi connectivity index (χ3v) is 4.77. The van der Waals surface area contributed by atoms with Gasteiger partial charge in [0.2, 0.25) is 5.91 Å². The highest BCUT2D eigenvalue weighted by Gasteiger charge is 2.15. The fourth-order valence-corrected chi connectivity index (χ4v) is 3.39. The first-order valence-corrected chi connectivity index (χ1v) is 10.1. The van der Waals surface area contributed by atoms with Crippen LogP contribution in [0.3, 0.4) is 0 Å². The highest BCUT2D eigenvalue weighted by atomic mass is 32.1. The van der Waals surface area contributed by atoms with E-state index in [1.165, 1.54) is 17.6 Å². The minimum Gasteiger partial charge on any atom is -0.491 e. The van der Waals surface area contributed by atoms with Crippen LogP contribution >= 0.6 is 11.3 Å². The fourth-order valence-electron chi connectivity index (χ4n) is 2.68. The molecule has 2 heterocycles. The van der Waals surface area contributed by atoms with Gasteiger partial charge >= 0.3 is 0 Å². The Bertz CT molecular complexity index is 966. The Labute approximate surface area is 173 Å². The Balaban J connectivity index is 1.54. The molecule has 0 aliphatic heterocycles. The monoisotopic (exact) mass is 413 g/mol. The molecule has 29 heavy (non-hydrogen) atoms. The summed E-state index contributed by atoms with van der Waals surface area (Å²) in [4.78, 5) is 28.7. The Morgan fingerprint density at radius 1 is 1.21 bits per heavy atom. The number of aromatic nitrogens is 1. The molecule has 2 amide bonds. The zero-order chi connectivity index (χ0) is 20.8. The summed E-state index contributed by atoms with van der Waals surface area (Å²) < 4.78 is 10.8. The van der Waals surface area contributed by atoms with Gasteiger partial charge in [0.25, 0.3) is 5.91 Å². The minimum atomic E-state index is -0.377. The van der Waals surface area contributed by atoms with Crippen molar-refractivity contribution in [3.63, 3.8) is 0 Å². The largest absolute Gasteiger partial charge is 0.491 e. The number of nitrogens with zero attached hydrogens (tertiary/aromatic N) is 1. The van der Waals surface area contributed by atoms with E-state index in [0.717, 1.165) is 11.3 Å². The van der Waals surface area contributed by atoms with Gasteiger partial charge in [-0.25, -0.2) is 4.98 Å². The van der Waals surface area contributed by atoms with Gasteiger partial charge in [-0.2, -0.15) is 0 Å². The lowest BCUT2D eigenvalue weighted by Crippen LogP contribution is -2.28. The van der Waals surface area contributed by atoms with E-state index < -0.39 is 0 Å². The zero-order valence-corrected chi connectivity index (χ0v) is 17.3. The Morgan fingerprint density at radius 3 is 2.76 bits per heavy atom. The number of thiazole rings is 1. The van der Waals surface area contributed by atoms with Crippen molar-refractivity contribution in [2.45, 2.75) is 39.3 Å². The first kappa shape index (κ1) is 20.6. The molecule has 3 rings (SSSR count). The quantitative estimate of drug-likeness (QED) is 0.577. The second-order valence-corrected chi connectivity index (χ2v) is 7.64. The molecule has 0 bridgehead atoms. The number of ether oxygens (including phenoxy) is 1. The summed E-state index contributed by atoms with van der Waals surface area (Å²) in [5.74, 6) is 0.450. The van der Waals surface area contributed by atoms with Crippen molar-refractivity contribution in [1.29, 1.82) is 0 Å². The van der Waals surface area contributed by atoms with Crippen LogP contribution < -0.4 is 15.4 Å². The molecule has 8 heteroatoms. The predicted molar refractivity (Wildman–Crippen MR) is 111 cm³/mol. The van der Waals surface area contributed by atoms with Crippen LogP contribution in [0.4, 0.5) is 5.13 Å². The van der Waals surface area contributed by atoms with E-state index in [9.17, 15) is 9.59 Å². The van der Waals surface area contributed by atoms with Crippen LogP contribution in [0.5, 0.6) is 5.75 Å². The molecular weight excluding hydrogens is 390 g/mol. The van der Waals surface area contributed by atoms with E-state index in [2.05, 4.69) is 15.6 Å². The standard InChI is InChI=1S/C21H23N3O4S/c1-13(2)28-17-7-4-6-15(10-17)14(3)22-19(25)11-16-12-29-21(23-16)24-20(26)18-8-5-9-27-18/h4-10,12-14H,11H2,1-3H3,(H,22,25)(H,23,24,26). The Morgan fingerprint density at radius 2 is 2.03 bits per heavy atom. The first-order chi connectivity index (χ1) is 13.9. The number of hydrogen-bond donors (Lipinski definition) is 2. The molecular formula is C21H23N3O4S. The van der Waals surface area contributed by atoms with Crippen molar-refractivity contribution in [1.82, 2.24) is 10.3 Å². The summed E-state index contributed by atoms with van der Waals surface area (Å²) in [6.07, 6.45) is 1.64. The molecule has 0 aliphatic rings. The van der Waals surface area contributed by atoms with Gasteiger partial charge in [0.1, 0.15) is 5.75 Å². The van der Waals surface area contributed by atoms with Crippen LogP contribution in [0.2, 0.25) is 0 Å². The summed E-state index contributed by atoms with van der Waals surface area (Å²) in [6, 6.07) is 10.7. The second-order valence-electron chi connectivity index (χ2n) is 6.78. The second kappa shape index (κ2) is 9.38. The van der Waals surface area contributed by atoms with Crippen LogP contribution in [-0.4, -0.2) is 22.9 Å². The van der Waals surface area contributed by atoms with Crippen LogP contribution in [-0.2, 0) is 11.2 Å². The molecule has 7 nitrogen and oxygen atoms in total. The highest BCUT2D eigenvalue weighted by molar-refractivity contribution is 7.14. The number of rotatable bonds is 8. The van der Waals surface area contributed by atoms with E-state index in [0.29, 0.717) is 10.8 Å². The smallest absolute Gasteiger partial charge is 0.293 e. The van der Waals surface area contributed by atoms with Crippen molar-refractivity contribution in [2.24, 2.45) is 0 Å². The maximum Gasteiger partial charge on any atom is 0.293 e. The number of furan rings is 1. The van der Waals surface area contributed by atoms with E-state index >= 15 is 0 Å². The van der Waals surface area contributed by atoms with Gasteiger partial charge < -0.3 is 14.5 Å². The van der Waals surface area contributed by atoms with E-state index in [1.807, 2.05) is 45.0 Å². The van der Waals surface area contributed by atoms with Gasteiger partial charge in [0.15, 0.2) is 10.9 Å². The predicted octanol–water partition coefficient (Wildman–Crippen LogP) is 4.20. The summed E-state index contributed by atoms with van der Waals surface area (Å²) in [7, 11) is 0. The topological polar surface area (TPSA) is 93.5 Å². The molecule has 0 fully saturated rings. The van der Waals surface area contributed by atoms with Crippen LogP contribution in [0.25, 0.3) is 0 Å². The van der Waals surface area contributed by atoms with Crippen molar-refractivity contribution < 1.29 is 18.7 Å². The lowest BCUT2D eigenvalue weighted by Gasteiger charge is -2.16. The van der Waals surface area contributed by atoms with Gasteiger partial charge in [-0.15, -0.1) is 11.3 Å². The van der Waals surface area contributed by atoms with Crippen LogP contribution in [0.15, 0.2) is 52.5 Å². The zero-order valence-electron chi connectivity index (χ0n) is 16.5. The molecule has 2 aromatic heterocycles. The molecule has 2 N–H and O–H groups in total. The van der Waals surface area contributed by atoms with Crippen molar-refractivity contribution in [2.75, 3.05) is 5.32 Å². The van der Waals surface area contributed by atoms with Crippen LogP contribution in [0, 0.1) is 0 Å². The first-order valence-electron chi connectivity index (χ1n) is 9.26. The van der Waals surface area contributed by atoms with Gasteiger partial charge in [0, 0.05) is 5.38 Å².